The Bertz CT molecular complexity index is 926. The summed E-state index contributed by atoms with van der Waals surface area (Å²) in [5.74, 6) is 0. The van der Waals surface area contributed by atoms with Crippen LogP contribution in [-0.2, 0) is 0 Å². The third kappa shape index (κ3) is 3.39. The summed E-state index contributed by atoms with van der Waals surface area (Å²) in [5.41, 5.74) is 4.86. The van der Waals surface area contributed by atoms with Gasteiger partial charge in [0, 0.05) is 28.2 Å². The lowest BCUT2D eigenvalue weighted by molar-refractivity contribution is -0.660. The number of benzene rings is 1. The summed E-state index contributed by atoms with van der Waals surface area (Å²) in [4.78, 5) is 16.5. The van der Waals surface area contributed by atoms with Crippen LogP contribution in [0.1, 0.15) is 20.3 Å². The number of hydrogen-bond donors (Lipinski definition) is 2. The molecule has 24 heavy (non-hydrogen) atoms. The molecular formula is C15H15ClN5O2S+. The molecule has 0 bridgehead atoms. The molecule has 0 atom stereocenters. The van der Waals surface area contributed by atoms with Crippen LogP contribution in [0.25, 0.3) is 17.1 Å². The van der Waals surface area contributed by atoms with Crippen LogP contribution < -0.4 is 15.7 Å². The first-order valence-electron chi connectivity index (χ1n) is 7.23. The van der Waals surface area contributed by atoms with Crippen LogP contribution in [0.2, 0.25) is 5.02 Å². The lowest BCUT2D eigenvalue weighted by atomic mass is 10.3. The van der Waals surface area contributed by atoms with Crippen molar-refractivity contribution in [1.82, 2.24) is 10.3 Å². The SMILES string of the molecule is CC/C(C)=N/Nc1nc(-c2c(=O)o[nH][n+]2-c2ccc(Cl)cc2)cs1. The number of thiazole rings is 1. The summed E-state index contributed by atoms with van der Waals surface area (Å²) in [6.45, 7) is 3.95. The lowest BCUT2D eigenvalue weighted by Crippen LogP contribution is -2.36. The molecule has 2 aromatic heterocycles. The first-order valence-corrected chi connectivity index (χ1v) is 8.48. The van der Waals surface area contributed by atoms with Gasteiger partial charge < -0.3 is 0 Å². The highest BCUT2D eigenvalue weighted by molar-refractivity contribution is 7.14. The van der Waals surface area contributed by atoms with Crippen LogP contribution in [0.3, 0.4) is 0 Å². The van der Waals surface area contributed by atoms with E-state index in [1.807, 2.05) is 13.8 Å². The molecule has 3 aromatic rings. The van der Waals surface area contributed by atoms with Crippen molar-refractivity contribution >= 4 is 33.8 Å². The zero-order valence-electron chi connectivity index (χ0n) is 13.0. The predicted molar refractivity (Wildman–Crippen MR) is 94.0 cm³/mol. The van der Waals surface area contributed by atoms with Gasteiger partial charge in [-0.2, -0.15) is 5.10 Å². The standard InChI is InChI=1S/C15H14ClN5O2S/c1-3-9(2)18-19-15-17-12(8-24-15)13-14(22)23-20-21(13)11-6-4-10(16)5-7-11/h4-8H,3H2,1-2H3,(H-,17,19,20,22)/p+1/b18-9+. The van der Waals surface area contributed by atoms with Crippen molar-refractivity contribution in [2.75, 3.05) is 5.43 Å². The van der Waals surface area contributed by atoms with E-state index in [4.69, 9.17) is 16.1 Å². The van der Waals surface area contributed by atoms with E-state index in [0.717, 1.165) is 12.1 Å². The maximum absolute atomic E-state index is 12.1. The van der Waals surface area contributed by atoms with Gasteiger partial charge in [0.1, 0.15) is 0 Å². The van der Waals surface area contributed by atoms with Gasteiger partial charge in [-0.05, 0) is 35.4 Å². The quantitative estimate of drug-likeness (QED) is 0.413. The molecule has 0 amide bonds. The van der Waals surface area contributed by atoms with E-state index in [9.17, 15) is 4.79 Å². The second-order valence-electron chi connectivity index (χ2n) is 4.99. The van der Waals surface area contributed by atoms with Crippen LogP contribution in [0, 0.1) is 0 Å². The number of nitrogens with one attached hydrogen (secondary N) is 2. The second kappa shape index (κ2) is 6.98. The maximum atomic E-state index is 12.1. The van der Waals surface area contributed by atoms with E-state index in [2.05, 4.69) is 20.8 Å². The smallest absolute Gasteiger partial charge is 0.282 e. The summed E-state index contributed by atoms with van der Waals surface area (Å²) >= 11 is 7.26. The fraction of sp³-hybridized carbons (Fsp3) is 0.200. The van der Waals surface area contributed by atoms with Crippen LogP contribution in [0.5, 0.6) is 0 Å². The monoisotopic (exact) mass is 364 g/mol. The number of halogens is 1. The molecule has 2 N–H and O–H groups in total. The Morgan fingerprint density at radius 3 is 2.92 bits per heavy atom. The van der Waals surface area contributed by atoms with Crippen LogP contribution >= 0.6 is 22.9 Å². The summed E-state index contributed by atoms with van der Waals surface area (Å²) in [6, 6.07) is 7.01. The van der Waals surface area contributed by atoms with Gasteiger partial charge in [0.2, 0.25) is 10.8 Å². The van der Waals surface area contributed by atoms with Crippen LogP contribution in [0.15, 0.2) is 44.1 Å². The van der Waals surface area contributed by atoms with E-state index in [1.165, 1.54) is 16.0 Å². The molecule has 0 aliphatic heterocycles. The normalized spacial score (nSPS) is 11.7. The zero-order chi connectivity index (χ0) is 17.1. The Hall–Kier alpha value is -2.45. The van der Waals surface area contributed by atoms with E-state index >= 15 is 0 Å². The highest BCUT2D eigenvalue weighted by atomic mass is 35.5. The highest BCUT2D eigenvalue weighted by Gasteiger charge is 2.27. The Labute approximate surface area is 146 Å². The third-order valence-electron chi connectivity index (χ3n) is 3.33. The van der Waals surface area contributed by atoms with Crippen molar-refractivity contribution in [3.8, 4) is 17.1 Å². The Morgan fingerprint density at radius 2 is 2.21 bits per heavy atom. The van der Waals surface area contributed by atoms with Crippen LogP contribution in [0.4, 0.5) is 5.13 Å². The average molecular weight is 365 g/mol. The topological polar surface area (TPSA) is 87.2 Å². The second-order valence-corrected chi connectivity index (χ2v) is 6.29. The summed E-state index contributed by atoms with van der Waals surface area (Å²) in [5, 5.41) is 9.76. The first kappa shape index (κ1) is 16.4. The van der Waals surface area contributed by atoms with Crippen LogP contribution in [-0.4, -0.2) is 16.0 Å². The van der Waals surface area contributed by atoms with Gasteiger partial charge >= 0.3 is 11.3 Å². The van der Waals surface area contributed by atoms with Crippen molar-refractivity contribution in [2.45, 2.75) is 20.3 Å². The minimum absolute atomic E-state index is 0.304. The number of hydrazone groups is 1. The Balaban J connectivity index is 1.96. The predicted octanol–water partition coefficient (Wildman–Crippen LogP) is 3.22. The van der Waals surface area contributed by atoms with Crippen molar-refractivity contribution < 1.29 is 9.20 Å². The van der Waals surface area contributed by atoms with Gasteiger partial charge in [0.05, 0.1) is 0 Å². The molecule has 0 saturated carbocycles. The molecular weight excluding hydrogens is 350 g/mol. The number of nitrogens with zero attached hydrogens (tertiary/aromatic N) is 3. The van der Waals surface area contributed by atoms with Gasteiger partial charge in [0.25, 0.3) is 0 Å². The molecule has 0 spiro atoms. The largest absolute Gasteiger partial charge is 0.437 e. The molecule has 9 heteroatoms. The lowest BCUT2D eigenvalue weighted by Gasteiger charge is -1.95. The van der Waals surface area contributed by atoms with E-state index in [-0.39, 0.29) is 0 Å². The number of rotatable bonds is 5. The number of H-pyrrole nitrogens is 1. The summed E-state index contributed by atoms with van der Waals surface area (Å²) < 4.78 is 6.45. The first-order chi connectivity index (χ1) is 11.6. The molecule has 0 fully saturated rings. The highest BCUT2D eigenvalue weighted by Crippen LogP contribution is 2.21. The van der Waals surface area contributed by atoms with Crippen molar-refractivity contribution in [1.29, 1.82) is 0 Å². The number of aromatic nitrogens is 3. The molecule has 3 rings (SSSR count). The van der Waals surface area contributed by atoms with E-state index in [1.54, 1.807) is 29.6 Å². The molecule has 124 valence electrons. The molecule has 7 nitrogen and oxygen atoms in total. The zero-order valence-corrected chi connectivity index (χ0v) is 14.6. The molecule has 0 saturated heterocycles. The van der Waals surface area contributed by atoms with Gasteiger partial charge in [-0.15, -0.1) is 11.3 Å². The summed E-state index contributed by atoms with van der Waals surface area (Å²) in [7, 11) is 0. The minimum Gasteiger partial charge on any atom is -0.282 e. The number of aromatic amines is 1. The van der Waals surface area contributed by atoms with Crippen molar-refractivity contribution in [2.24, 2.45) is 5.10 Å². The van der Waals surface area contributed by atoms with Gasteiger partial charge in [0.15, 0.2) is 5.69 Å². The Morgan fingerprint density at radius 1 is 1.46 bits per heavy atom. The van der Waals surface area contributed by atoms with E-state index in [0.29, 0.717) is 27.2 Å². The Kier molecular flexibility index (Phi) is 4.77. The fourth-order valence-corrected chi connectivity index (χ4v) is 2.68. The van der Waals surface area contributed by atoms with Crippen molar-refractivity contribution in [3.05, 3.63) is 45.1 Å². The molecule has 0 unspecified atom stereocenters. The fourth-order valence-electron chi connectivity index (χ4n) is 1.92. The van der Waals surface area contributed by atoms with E-state index < -0.39 is 5.63 Å². The maximum Gasteiger partial charge on any atom is 0.437 e. The van der Waals surface area contributed by atoms with Crippen molar-refractivity contribution in [3.63, 3.8) is 0 Å². The number of anilines is 1. The molecule has 2 heterocycles. The van der Waals surface area contributed by atoms with Gasteiger partial charge in [-0.1, -0.05) is 18.5 Å². The molecule has 1 aromatic carbocycles. The average Bonchev–Trinajstić information content (AvgIpc) is 3.19. The number of hydrogen-bond acceptors (Lipinski definition) is 6. The molecule has 0 aliphatic rings. The summed E-state index contributed by atoms with van der Waals surface area (Å²) in [6.07, 6.45) is 0.850. The molecule has 0 aliphatic carbocycles. The molecule has 0 radical (unpaired) electrons. The minimum atomic E-state index is -0.505. The van der Waals surface area contributed by atoms with Gasteiger partial charge in [-0.3, -0.25) is 9.95 Å². The third-order valence-corrected chi connectivity index (χ3v) is 4.33. The van der Waals surface area contributed by atoms with Gasteiger partial charge in [-0.25, -0.2) is 9.78 Å².